The molecular weight excluding hydrogens is 248 g/mol. The Morgan fingerprint density at radius 2 is 2.00 bits per heavy atom. The van der Waals surface area contributed by atoms with Crippen LogP contribution in [0, 0.1) is 0 Å². The van der Waals surface area contributed by atoms with Crippen LogP contribution >= 0.6 is 12.2 Å². The molecule has 0 aliphatic heterocycles. The smallest absolute Gasteiger partial charge is 0.198 e. The van der Waals surface area contributed by atoms with Crippen LogP contribution in [0.3, 0.4) is 0 Å². The maximum Gasteiger partial charge on any atom is 0.198 e. The number of guanidine groups is 1. The summed E-state index contributed by atoms with van der Waals surface area (Å²) in [5.41, 5.74) is 12.1. The molecule has 1 rings (SSSR count). The van der Waals surface area contributed by atoms with Gasteiger partial charge in [0.1, 0.15) is 0 Å². The summed E-state index contributed by atoms with van der Waals surface area (Å²) in [5.74, 6) is 0.297. The first-order valence-electron chi connectivity index (χ1n) is 5.56. The van der Waals surface area contributed by atoms with Crippen molar-refractivity contribution in [2.75, 3.05) is 20.2 Å². The number of thiocarbonyl (C=S) groups is 1. The summed E-state index contributed by atoms with van der Waals surface area (Å²) in [4.78, 5) is 5.53. The van der Waals surface area contributed by atoms with Crippen molar-refractivity contribution in [2.24, 2.45) is 16.5 Å². The fourth-order valence-electron chi connectivity index (χ4n) is 1.28. The molecule has 0 unspecified atom stereocenters. The van der Waals surface area contributed by atoms with Gasteiger partial charge >= 0.3 is 0 Å². The van der Waals surface area contributed by atoms with Gasteiger partial charge in [-0.15, -0.1) is 0 Å². The number of nitrogens with two attached hydrogens (primary N) is 2. The van der Waals surface area contributed by atoms with Crippen molar-refractivity contribution in [3.63, 3.8) is 0 Å². The maximum absolute atomic E-state index is 5.66. The molecule has 1 aromatic rings. The highest BCUT2D eigenvalue weighted by molar-refractivity contribution is 7.80. The van der Waals surface area contributed by atoms with Gasteiger partial charge in [-0.1, -0.05) is 30.3 Å². The predicted octanol–water partition coefficient (Wildman–Crippen LogP) is 0.693. The molecule has 18 heavy (non-hydrogen) atoms. The van der Waals surface area contributed by atoms with Crippen LogP contribution in [0.4, 0.5) is 0 Å². The van der Waals surface area contributed by atoms with Crippen molar-refractivity contribution < 1.29 is 4.74 Å². The van der Waals surface area contributed by atoms with E-state index in [9.17, 15) is 0 Å². The molecule has 6 heteroatoms. The highest BCUT2D eigenvalue weighted by Gasteiger charge is 2.02. The summed E-state index contributed by atoms with van der Waals surface area (Å²) in [7, 11) is 1.81. The van der Waals surface area contributed by atoms with Crippen LogP contribution in [-0.4, -0.2) is 36.2 Å². The molecule has 0 aliphatic carbocycles. The van der Waals surface area contributed by atoms with Gasteiger partial charge in [0, 0.05) is 13.6 Å². The first kappa shape index (κ1) is 14.4. The zero-order valence-electron chi connectivity index (χ0n) is 10.4. The number of ether oxygens (including phenoxy) is 1. The lowest BCUT2D eigenvalue weighted by Gasteiger charge is -2.17. The minimum atomic E-state index is 0.0320. The maximum atomic E-state index is 5.66. The standard InChI is InChI=1S/C12H18N4OS/c1-16(11(13)15-12(14)18)7-8-17-9-10-5-3-2-4-6-10/h2-6H,7-9H2,1H3,(H4,13,14,15,18). The van der Waals surface area contributed by atoms with E-state index in [0.29, 0.717) is 25.7 Å². The van der Waals surface area contributed by atoms with E-state index in [2.05, 4.69) is 17.2 Å². The minimum Gasteiger partial charge on any atom is -0.375 e. The first-order chi connectivity index (χ1) is 8.59. The van der Waals surface area contributed by atoms with Crippen molar-refractivity contribution in [3.8, 4) is 0 Å². The summed E-state index contributed by atoms with van der Waals surface area (Å²) < 4.78 is 5.53. The van der Waals surface area contributed by atoms with Crippen molar-refractivity contribution in [1.29, 1.82) is 0 Å². The predicted molar refractivity (Wildman–Crippen MR) is 77.1 cm³/mol. The number of nitrogens with zero attached hydrogens (tertiary/aromatic N) is 2. The molecule has 0 heterocycles. The quantitative estimate of drug-likeness (QED) is 0.355. The molecule has 0 saturated carbocycles. The minimum absolute atomic E-state index is 0.0320. The Morgan fingerprint density at radius 1 is 1.33 bits per heavy atom. The Hall–Kier alpha value is -1.66. The third-order valence-corrected chi connectivity index (χ3v) is 2.39. The Bertz CT molecular complexity index is 408. The number of rotatable bonds is 5. The molecule has 5 nitrogen and oxygen atoms in total. The molecule has 0 aliphatic rings. The molecule has 4 N–H and O–H groups in total. The summed E-state index contributed by atoms with van der Waals surface area (Å²) in [5, 5.41) is 0.0320. The van der Waals surface area contributed by atoms with Crippen molar-refractivity contribution in [2.45, 2.75) is 6.61 Å². The van der Waals surface area contributed by atoms with E-state index in [1.54, 1.807) is 4.90 Å². The van der Waals surface area contributed by atoms with E-state index in [1.165, 1.54) is 0 Å². The zero-order chi connectivity index (χ0) is 13.4. The fourth-order valence-corrected chi connectivity index (χ4v) is 1.37. The van der Waals surface area contributed by atoms with E-state index in [4.69, 9.17) is 16.2 Å². The van der Waals surface area contributed by atoms with Gasteiger partial charge in [-0.05, 0) is 17.8 Å². The van der Waals surface area contributed by atoms with Crippen LogP contribution < -0.4 is 11.5 Å². The summed E-state index contributed by atoms with van der Waals surface area (Å²) >= 11 is 4.64. The molecule has 0 saturated heterocycles. The lowest BCUT2D eigenvalue weighted by atomic mass is 10.2. The van der Waals surface area contributed by atoms with Gasteiger partial charge in [0.15, 0.2) is 11.1 Å². The zero-order valence-corrected chi connectivity index (χ0v) is 11.2. The Balaban J connectivity index is 2.24. The van der Waals surface area contributed by atoms with Gasteiger partial charge < -0.3 is 21.1 Å². The third kappa shape index (κ3) is 5.60. The van der Waals surface area contributed by atoms with E-state index in [1.807, 2.05) is 37.4 Å². The Kier molecular flexibility index (Phi) is 6.10. The molecule has 0 amide bonds. The Labute approximate surface area is 112 Å². The van der Waals surface area contributed by atoms with E-state index in [-0.39, 0.29) is 5.11 Å². The summed E-state index contributed by atoms with van der Waals surface area (Å²) in [6, 6.07) is 9.98. The average Bonchev–Trinajstić information content (AvgIpc) is 2.34. The number of likely N-dealkylation sites (N-methyl/N-ethyl adjacent to an activating group) is 1. The SMILES string of the molecule is CN(CCOCc1ccccc1)/C(N)=N/C(N)=S. The number of hydrogen-bond acceptors (Lipinski definition) is 2. The van der Waals surface area contributed by atoms with Crippen molar-refractivity contribution in [1.82, 2.24) is 4.90 Å². The van der Waals surface area contributed by atoms with Crippen LogP contribution in [0.25, 0.3) is 0 Å². The molecule has 0 atom stereocenters. The molecule has 0 bridgehead atoms. The van der Waals surface area contributed by atoms with E-state index < -0.39 is 0 Å². The molecule has 1 aromatic carbocycles. The van der Waals surface area contributed by atoms with Crippen molar-refractivity contribution in [3.05, 3.63) is 35.9 Å². The van der Waals surface area contributed by atoms with Crippen LogP contribution in [-0.2, 0) is 11.3 Å². The topological polar surface area (TPSA) is 76.9 Å². The van der Waals surface area contributed by atoms with Gasteiger partial charge in [-0.2, -0.15) is 4.99 Å². The van der Waals surface area contributed by atoms with Crippen molar-refractivity contribution >= 4 is 23.3 Å². The number of aliphatic imine (C=N–C) groups is 1. The second kappa shape index (κ2) is 7.62. The lowest BCUT2D eigenvalue weighted by Crippen LogP contribution is -2.37. The average molecular weight is 266 g/mol. The number of benzene rings is 1. The number of hydrogen-bond donors (Lipinski definition) is 2. The Morgan fingerprint density at radius 3 is 2.61 bits per heavy atom. The van der Waals surface area contributed by atoms with Gasteiger partial charge in [-0.3, -0.25) is 0 Å². The van der Waals surface area contributed by atoms with Gasteiger partial charge in [-0.25, -0.2) is 0 Å². The molecule has 0 radical (unpaired) electrons. The largest absolute Gasteiger partial charge is 0.375 e. The van der Waals surface area contributed by atoms with Gasteiger partial charge in [0.25, 0.3) is 0 Å². The lowest BCUT2D eigenvalue weighted by molar-refractivity contribution is 0.112. The van der Waals surface area contributed by atoms with Crippen LogP contribution in [0.1, 0.15) is 5.56 Å². The van der Waals surface area contributed by atoms with Crippen LogP contribution in [0.15, 0.2) is 35.3 Å². The second-order valence-corrected chi connectivity index (χ2v) is 4.19. The van der Waals surface area contributed by atoms with E-state index >= 15 is 0 Å². The van der Waals surface area contributed by atoms with Crippen LogP contribution in [0.5, 0.6) is 0 Å². The first-order valence-corrected chi connectivity index (χ1v) is 5.97. The highest BCUT2D eigenvalue weighted by Crippen LogP contribution is 2.00. The molecular formula is C12H18N4OS. The van der Waals surface area contributed by atoms with Gasteiger partial charge in [0.05, 0.1) is 13.2 Å². The summed E-state index contributed by atoms with van der Waals surface area (Å²) in [6.07, 6.45) is 0. The molecule has 0 aromatic heterocycles. The monoisotopic (exact) mass is 266 g/mol. The van der Waals surface area contributed by atoms with Crippen LogP contribution in [0.2, 0.25) is 0 Å². The molecule has 98 valence electrons. The highest BCUT2D eigenvalue weighted by atomic mass is 32.1. The molecule has 0 fully saturated rings. The normalized spacial score (nSPS) is 11.3. The summed E-state index contributed by atoms with van der Waals surface area (Å²) in [6.45, 7) is 1.77. The van der Waals surface area contributed by atoms with E-state index in [0.717, 1.165) is 5.56 Å². The molecule has 0 spiro atoms. The third-order valence-electron chi connectivity index (χ3n) is 2.30. The van der Waals surface area contributed by atoms with Gasteiger partial charge in [0.2, 0.25) is 0 Å². The second-order valence-electron chi connectivity index (χ2n) is 3.77. The fraction of sp³-hybridized carbons (Fsp3) is 0.333.